The minimum absolute atomic E-state index is 0.556. The minimum atomic E-state index is 0.556. The Morgan fingerprint density at radius 2 is 2.00 bits per heavy atom. The molecule has 0 bridgehead atoms. The van der Waals surface area contributed by atoms with E-state index in [9.17, 15) is 0 Å². The maximum absolute atomic E-state index is 4.68. The predicted molar refractivity (Wildman–Crippen MR) is 88.3 cm³/mol. The third kappa shape index (κ3) is 3.40. The van der Waals surface area contributed by atoms with Crippen LogP contribution in [0.5, 0.6) is 0 Å². The summed E-state index contributed by atoms with van der Waals surface area (Å²) in [7, 11) is 0. The lowest BCUT2D eigenvalue weighted by molar-refractivity contribution is -0.689. The van der Waals surface area contributed by atoms with Crippen LogP contribution in [-0.2, 0) is 6.54 Å². The molecule has 0 saturated heterocycles. The second kappa shape index (κ2) is 6.64. The fourth-order valence-corrected chi connectivity index (χ4v) is 3.84. The summed E-state index contributed by atoms with van der Waals surface area (Å²) in [4.78, 5) is 0. The van der Waals surface area contributed by atoms with Crippen molar-refractivity contribution in [3.05, 3.63) is 48.5 Å². The normalized spacial score (nSPS) is 25.5. The molecule has 0 N–H and O–H groups in total. The molecule has 2 unspecified atom stereocenters. The van der Waals surface area contributed by atoms with Gasteiger partial charge in [-0.25, -0.2) is 4.57 Å². The van der Waals surface area contributed by atoms with Gasteiger partial charge in [-0.15, -0.1) is 4.68 Å². The van der Waals surface area contributed by atoms with Crippen LogP contribution in [0, 0.1) is 17.8 Å². The lowest BCUT2D eigenvalue weighted by atomic mass is 9.74. The first-order chi connectivity index (χ1) is 10.6. The zero-order valence-corrected chi connectivity index (χ0v) is 14.0. The highest BCUT2D eigenvalue weighted by Gasteiger charge is 2.35. The molecule has 1 aliphatic rings. The van der Waals surface area contributed by atoms with E-state index in [4.69, 9.17) is 0 Å². The number of nitrogens with zero attached hydrogens (tertiary/aromatic N) is 3. The highest BCUT2D eigenvalue weighted by atomic mass is 15.4. The van der Waals surface area contributed by atoms with E-state index in [1.807, 2.05) is 6.33 Å². The maximum atomic E-state index is 4.68. The minimum Gasteiger partial charge on any atom is -0.233 e. The topological polar surface area (TPSA) is 21.7 Å². The van der Waals surface area contributed by atoms with Gasteiger partial charge in [0.1, 0.15) is 6.04 Å². The molecular weight excluding hydrogens is 270 g/mol. The molecule has 1 aromatic heterocycles. The molecule has 2 aromatic rings. The van der Waals surface area contributed by atoms with E-state index in [2.05, 4.69) is 71.8 Å². The SMILES string of the molecule is CC(C)C1CC[C@H](C)CC1n1c[n+](Cc2ccccc2)cn1. The summed E-state index contributed by atoms with van der Waals surface area (Å²) in [6.45, 7) is 7.99. The van der Waals surface area contributed by atoms with Gasteiger partial charge in [0, 0.05) is 5.10 Å². The Morgan fingerprint density at radius 3 is 2.73 bits per heavy atom. The standard InChI is InChI=1S/C19H28N3/c1-15(2)18-10-9-16(3)11-19(18)22-14-21(13-20-22)12-17-7-5-4-6-8-17/h4-8,13-16,18-19H,9-12H2,1-3H3/q+1/t16-,18?,19?/m0/s1. The van der Waals surface area contributed by atoms with E-state index in [0.29, 0.717) is 6.04 Å². The van der Waals surface area contributed by atoms with Crippen LogP contribution in [-0.4, -0.2) is 9.78 Å². The summed E-state index contributed by atoms with van der Waals surface area (Å²) in [5, 5.41) is 4.68. The van der Waals surface area contributed by atoms with Gasteiger partial charge in [-0.05, 0) is 36.2 Å². The molecule has 0 amide bonds. The molecule has 1 aliphatic carbocycles. The van der Waals surface area contributed by atoms with Crippen molar-refractivity contribution < 1.29 is 4.57 Å². The number of aromatic nitrogens is 3. The monoisotopic (exact) mass is 298 g/mol. The Balaban J connectivity index is 1.76. The Bertz CT molecular complexity index is 588. The molecule has 0 spiro atoms. The van der Waals surface area contributed by atoms with Crippen LogP contribution in [0.2, 0.25) is 0 Å². The molecule has 1 heterocycles. The maximum Gasteiger partial charge on any atom is 0.265 e. The summed E-state index contributed by atoms with van der Waals surface area (Å²) in [6, 6.07) is 11.2. The quantitative estimate of drug-likeness (QED) is 0.786. The van der Waals surface area contributed by atoms with Gasteiger partial charge < -0.3 is 0 Å². The zero-order chi connectivity index (χ0) is 15.5. The van der Waals surface area contributed by atoms with Gasteiger partial charge in [0.05, 0.1) is 6.54 Å². The fourth-order valence-electron chi connectivity index (χ4n) is 3.84. The number of hydrogen-bond donors (Lipinski definition) is 0. The van der Waals surface area contributed by atoms with E-state index >= 15 is 0 Å². The average Bonchev–Trinajstić information content (AvgIpc) is 2.96. The number of rotatable bonds is 4. The van der Waals surface area contributed by atoms with Crippen LogP contribution in [0.4, 0.5) is 0 Å². The number of hydrogen-bond acceptors (Lipinski definition) is 1. The molecule has 3 rings (SSSR count). The van der Waals surface area contributed by atoms with Crippen LogP contribution in [0.25, 0.3) is 0 Å². The second-order valence-electron chi connectivity index (χ2n) is 7.28. The molecule has 1 fully saturated rings. The molecule has 3 atom stereocenters. The van der Waals surface area contributed by atoms with Crippen molar-refractivity contribution in [1.82, 2.24) is 9.78 Å². The molecule has 118 valence electrons. The van der Waals surface area contributed by atoms with E-state index < -0.39 is 0 Å². The first-order valence-electron chi connectivity index (χ1n) is 8.60. The molecule has 3 heteroatoms. The van der Waals surface area contributed by atoms with Gasteiger partial charge in [-0.1, -0.05) is 57.5 Å². The lowest BCUT2D eigenvalue weighted by Gasteiger charge is -2.34. The van der Waals surface area contributed by atoms with E-state index in [1.54, 1.807) is 0 Å². The van der Waals surface area contributed by atoms with Crippen molar-refractivity contribution in [1.29, 1.82) is 0 Å². The van der Waals surface area contributed by atoms with Crippen LogP contribution in [0.1, 0.15) is 51.6 Å². The van der Waals surface area contributed by atoms with E-state index in [-0.39, 0.29) is 0 Å². The highest BCUT2D eigenvalue weighted by molar-refractivity contribution is 5.13. The summed E-state index contributed by atoms with van der Waals surface area (Å²) < 4.78 is 4.43. The molecule has 0 radical (unpaired) electrons. The Kier molecular flexibility index (Phi) is 4.60. The molecule has 3 nitrogen and oxygen atoms in total. The molecular formula is C19H28N3+. The van der Waals surface area contributed by atoms with E-state index in [0.717, 1.165) is 24.3 Å². The van der Waals surface area contributed by atoms with Gasteiger partial charge in [-0.3, -0.25) is 0 Å². The van der Waals surface area contributed by atoms with Crippen molar-refractivity contribution in [3.8, 4) is 0 Å². The smallest absolute Gasteiger partial charge is 0.233 e. The molecule has 22 heavy (non-hydrogen) atoms. The Hall–Kier alpha value is -1.64. The van der Waals surface area contributed by atoms with Crippen molar-refractivity contribution >= 4 is 0 Å². The lowest BCUT2D eigenvalue weighted by Crippen LogP contribution is -2.34. The zero-order valence-electron chi connectivity index (χ0n) is 14.0. The van der Waals surface area contributed by atoms with Crippen LogP contribution >= 0.6 is 0 Å². The van der Waals surface area contributed by atoms with Crippen molar-refractivity contribution in [2.45, 2.75) is 52.6 Å². The summed E-state index contributed by atoms with van der Waals surface area (Å²) in [6.07, 6.45) is 8.14. The van der Waals surface area contributed by atoms with Gasteiger partial charge in [-0.2, -0.15) is 0 Å². The highest BCUT2D eigenvalue weighted by Crippen LogP contribution is 2.40. The largest absolute Gasteiger partial charge is 0.265 e. The molecule has 0 aliphatic heterocycles. The first kappa shape index (κ1) is 15.3. The van der Waals surface area contributed by atoms with Gasteiger partial charge >= 0.3 is 0 Å². The first-order valence-corrected chi connectivity index (χ1v) is 8.60. The van der Waals surface area contributed by atoms with Gasteiger partial charge in [0.15, 0.2) is 0 Å². The third-order valence-corrected chi connectivity index (χ3v) is 5.13. The summed E-state index contributed by atoms with van der Waals surface area (Å²) in [5.74, 6) is 2.29. The van der Waals surface area contributed by atoms with Crippen molar-refractivity contribution in [2.24, 2.45) is 17.8 Å². The van der Waals surface area contributed by atoms with Gasteiger partial charge in [0.25, 0.3) is 6.33 Å². The fraction of sp³-hybridized carbons (Fsp3) is 0.579. The number of benzene rings is 1. The average molecular weight is 298 g/mol. The Morgan fingerprint density at radius 1 is 1.23 bits per heavy atom. The van der Waals surface area contributed by atoms with Crippen molar-refractivity contribution in [2.75, 3.05) is 0 Å². The second-order valence-corrected chi connectivity index (χ2v) is 7.28. The summed E-state index contributed by atoms with van der Waals surface area (Å²) in [5.41, 5.74) is 1.32. The summed E-state index contributed by atoms with van der Waals surface area (Å²) >= 11 is 0. The van der Waals surface area contributed by atoms with Crippen LogP contribution in [0.15, 0.2) is 43.0 Å². The third-order valence-electron chi connectivity index (χ3n) is 5.13. The predicted octanol–water partition coefficient (Wildman–Crippen LogP) is 3.85. The molecule has 1 saturated carbocycles. The van der Waals surface area contributed by atoms with Gasteiger partial charge in [0.2, 0.25) is 6.33 Å². The van der Waals surface area contributed by atoms with Crippen LogP contribution in [0.3, 0.4) is 0 Å². The van der Waals surface area contributed by atoms with Crippen molar-refractivity contribution in [3.63, 3.8) is 0 Å². The Labute approximate surface area is 134 Å². The van der Waals surface area contributed by atoms with E-state index in [1.165, 1.54) is 24.8 Å². The van der Waals surface area contributed by atoms with Crippen LogP contribution < -0.4 is 4.57 Å². The molecule has 1 aromatic carbocycles.